The van der Waals surface area contributed by atoms with Crippen molar-refractivity contribution in [2.45, 2.75) is 38.6 Å². The Labute approximate surface area is 232 Å². The number of para-hydroxylation sites is 1. The van der Waals surface area contributed by atoms with E-state index in [2.05, 4.69) is 9.55 Å². The minimum Gasteiger partial charge on any atom is -0.496 e. The number of amides is 1. The molecular weight excluding hydrogens is 510 g/mol. The molecule has 1 amide bonds. The number of aromatic nitrogens is 2. The highest BCUT2D eigenvalue weighted by Gasteiger charge is 2.25. The molecule has 4 aromatic rings. The van der Waals surface area contributed by atoms with Gasteiger partial charge in [0.1, 0.15) is 17.3 Å². The van der Waals surface area contributed by atoms with Gasteiger partial charge in [0.05, 0.1) is 32.8 Å². The Hall–Kier alpha value is -4.53. The lowest BCUT2D eigenvalue weighted by Gasteiger charge is -2.26. The molecule has 208 valence electrons. The van der Waals surface area contributed by atoms with Gasteiger partial charge in [0.15, 0.2) is 0 Å². The summed E-state index contributed by atoms with van der Waals surface area (Å²) in [5.74, 6) is 1.68. The Balaban J connectivity index is 1.33. The molecule has 3 heterocycles. The predicted molar refractivity (Wildman–Crippen MR) is 151 cm³/mol. The Morgan fingerprint density at radius 1 is 1.10 bits per heavy atom. The second kappa shape index (κ2) is 12.1. The molecule has 0 saturated heterocycles. The van der Waals surface area contributed by atoms with Gasteiger partial charge in [-0.2, -0.15) is 0 Å². The smallest absolute Gasteiger partial charge is 0.413 e. The van der Waals surface area contributed by atoms with E-state index in [1.165, 1.54) is 4.90 Å². The van der Waals surface area contributed by atoms with Gasteiger partial charge in [0.2, 0.25) is 0 Å². The fraction of sp³-hybridized carbons (Fsp3) is 0.323. The first-order valence-electron chi connectivity index (χ1n) is 13.5. The van der Waals surface area contributed by atoms with Crippen LogP contribution in [0, 0.1) is 0 Å². The first kappa shape index (κ1) is 27.1. The molecule has 1 aliphatic heterocycles. The lowest BCUT2D eigenvalue weighted by atomic mass is 10.0. The van der Waals surface area contributed by atoms with Crippen molar-refractivity contribution in [1.82, 2.24) is 9.55 Å². The lowest BCUT2D eigenvalue weighted by Crippen LogP contribution is -2.35. The molecule has 0 radical (unpaired) electrons. The SMILES string of the molecule is CCOC(=O)CC(c1ccccc1OC)n1ccc2cc(OCCc3ccc4c(n3)N(C(=O)O)CCC4)ccc21. The third kappa shape index (κ3) is 5.73. The van der Waals surface area contributed by atoms with Crippen LogP contribution in [-0.2, 0) is 22.4 Å². The summed E-state index contributed by atoms with van der Waals surface area (Å²) < 4.78 is 19.0. The maximum absolute atomic E-state index is 12.5. The predicted octanol–water partition coefficient (Wildman–Crippen LogP) is 5.64. The van der Waals surface area contributed by atoms with E-state index < -0.39 is 6.09 Å². The van der Waals surface area contributed by atoms with E-state index in [0.29, 0.717) is 37.7 Å². The van der Waals surface area contributed by atoms with Gasteiger partial charge in [-0.1, -0.05) is 24.3 Å². The van der Waals surface area contributed by atoms with Crippen LogP contribution in [0.15, 0.2) is 66.9 Å². The van der Waals surface area contributed by atoms with Crippen molar-refractivity contribution in [3.8, 4) is 11.5 Å². The first-order chi connectivity index (χ1) is 19.5. The minimum absolute atomic E-state index is 0.170. The highest BCUT2D eigenvalue weighted by Crippen LogP contribution is 2.34. The molecule has 0 bridgehead atoms. The van der Waals surface area contributed by atoms with Crippen LogP contribution in [0.1, 0.15) is 42.6 Å². The number of rotatable bonds is 10. The number of methoxy groups -OCH3 is 1. The van der Waals surface area contributed by atoms with Gasteiger partial charge in [0, 0.05) is 41.3 Å². The van der Waals surface area contributed by atoms with E-state index in [1.54, 1.807) is 14.0 Å². The molecule has 9 heteroatoms. The van der Waals surface area contributed by atoms with Crippen molar-refractivity contribution in [3.63, 3.8) is 0 Å². The molecular formula is C31H33N3O6. The summed E-state index contributed by atoms with van der Waals surface area (Å²) >= 11 is 0. The topological polar surface area (TPSA) is 103 Å². The van der Waals surface area contributed by atoms with E-state index in [0.717, 1.165) is 46.3 Å². The van der Waals surface area contributed by atoms with Crippen LogP contribution in [0.5, 0.6) is 11.5 Å². The number of hydrogen-bond acceptors (Lipinski definition) is 6. The second-order valence-electron chi connectivity index (χ2n) is 9.63. The Morgan fingerprint density at radius 2 is 1.95 bits per heavy atom. The summed E-state index contributed by atoms with van der Waals surface area (Å²) in [6.45, 7) is 2.99. The molecule has 9 nitrogen and oxygen atoms in total. The van der Waals surface area contributed by atoms with E-state index in [-0.39, 0.29) is 18.4 Å². The number of carbonyl (C=O) groups is 2. The maximum atomic E-state index is 12.5. The number of carbonyl (C=O) groups excluding carboxylic acids is 1. The lowest BCUT2D eigenvalue weighted by molar-refractivity contribution is -0.143. The van der Waals surface area contributed by atoms with Gasteiger partial charge in [0.25, 0.3) is 0 Å². The van der Waals surface area contributed by atoms with E-state index in [4.69, 9.17) is 14.2 Å². The van der Waals surface area contributed by atoms with Crippen molar-refractivity contribution in [2.24, 2.45) is 0 Å². The third-order valence-corrected chi connectivity index (χ3v) is 7.15. The summed E-state index contributed by atoms with van der Waals surface area (Å²) in [6, 6.07) is 19.2. The van der Waals surface area contributed by atoms with Crippen molar-refractivity contribution in [3.05, 3.63) is 83.7 Å². The van der Waals surface area contributed by atoms with Gasteiger partial charge < -0.3 is 23.9 Å². The number of aryl methyl sites for hydroxylation is 1. The largest absolute Gasteiger partial charge is 0.496 e. The summed E-state index contributed by atoms with van der Waals surface area (Å²) in [5.41, 5.74) is 3.60. The zero-order chi connectivity index (χ0) is 28.1. The van der Waals surface area contributed by atoms with Gasteiger partial charge in [-0.05, 0) is 61.7 Å². The highest BCUT2D eigenvalue weighted by molar-refractivity contribution is 5.86. The van der Waals surface area contributed by atoms with Crippen LogP contribution < -0.4 is 14.4 Å². The monoisotopic (exact) mass is 543 g/mol. The average molecular weight is 544 g/mol. The molecule has 0 spiro atoms. The normalized spacial score (nSPS) is 13.5. The van der Waals surface area contributed by atoms with Crippen molar-refractivity contribution < 1.29 is 28.9 Å². The fourth-order valence-corrected chi connectivity index (χ4v) is 5.26. The zero-order valence-electron chi connectivity index (χ0n) is 22.7. The fourth-order valence-electron chi connectivity index (χ4n) is 5.26. The summed E-state index contributed by atoms with van der Waals surface area (Å²) in [6.07, 6.45) is 3.35. The summed E-state index contributed by atoms with van der Waals surface area (Å²) in [7, 11) is 1.62. The molecule has 1 N–H and O–H groups in total. The second-order valence-corrected chi connectivity index (χ2v) is 9.63. The van der Waals surface area contributed by atoms with Gasteiger partial charge in [-0.25, -0.2) is 9.78 Å². The molecule has 0 saturated carbocycles. The average Bonchev–Trinajstić information content (AvgIpc) is 3.38. The number of benzene rings is 2. The van der Waals surface area contributed by atoms with Crippen molar-refractivity contribution in [1.29, 1.82) is 0 Å². The number of esters is 1. The van der Waals surface area contributed by atoms with Gasteiger partial charge in [-0.15, -0.1) is 0 Å². The van der Waals surface area contributed by atoms with Gasteiger partial charge in [-0.3, -0.25) is 9.69 Å². The number of hydrogen-bond donors (Lipinski definition) is 1. The Bertz CT molecular complexity index is 1510. The van der Waals surface area contributed by atoms with E-state index in [9.17, 15) is 14.7 Å². The van der Waals surface area contributed by atoms with Crippen LogP contribution >= 0.6 is 0 Å². The maximum Gasteiger partial charge on any atom is 0.413 e. The molecule has 0 aliphatic carbocycles. The molecule has 2 aromatic heterocycles. The number of anilines is 1. The van der Waals surface area contributed by atoms with Crippen LogP contribution in [0.3, 0.4) is 0 Å². The molecule has 2 aromatic carbocycles. The Morgan fingerprint density at radius 3 is 2.75 bits per heavy atom. The standard InChI is InChI=1S/C31H33N3O6/c1-3-39-29(35)20-27(25-8-4-5-9-28(25)38-2)33-17-14-22-19-24(12-13-26(22)33)40-18-15-23-11-10-21-7-6-16-34(31(36)37)30(21)32-23/h4-5,8-14,17,19,27H,3,6-7,15-16,18,20H2,1-2H3,(H,36,37). The minimum atomic E-state index is -0.975. The molecule has 40 heavy (non-hydrogen) atoms. The molecule has 0 fully saturated rings. The van der Waals surface area contributed by atoms with Crippen molar-refractivity contribution >= 4 is 28.8 Å². The number of nitrogens with zero attached hydrogens (tertiary/aromatic N) is 3. The van der Waals surface area contributed by atoms with Crippen LogP contribution in [0.2, 0.25) is 0 Å². The number of carboxylic acid groups (broad SMARTS) is 1. The number of ether oxygens (including phenoxy) is 3. The highest BCUT2D eigenvalue weighted by atomic mass is 16.5. The first-order valence-corrected chi connectivity index (χ1v) is 13.5. The van der Waals surface area contributed by atoms with Crippen molar-refractivity contribution in [2.75, 3.05) is 31.8 Å². The quantitative estimate of drug-likeness (QED) is 0.258. The Kier molecular flexibility index (Phi) is 8.19. The zero-order valence-corrected chi connectivity index (χ0v) is 22.7. The number of fused-ring (bicyclic) bond motifs is 2. The molecule has 1 atom stereocenters. The summed E-state index contributed by atoms with van der Waals surface area (Å²) in [5, 5.41) is 10.5. The third-order valence-electron chi connectivity index (χ3n) is 7.15. The van der Waals surface area contributed by atoms with Gasteiger partial charge >= 0.3 is 12.1 Å². The molecule has 5 rings (SSSR count). The molecule has 1 unspecified atom stereocenters. The molecule has 1 aliphatic rings. The van der Waals surface area contributed by atoms with E-state index >= 15 is 0 Å². The van der Waals surface area contributed by atoms with Crippen LogP contribution in [-0.4, -0.2) is 53.6 Å². The summed E-state index contributed by atoms with van der Waals surface area (Å²) in [4.78, 5) is 30.1. The number of pyridine rings is 1. The van der Waals surface area contributed by atoms with Crippen LogP contribution in [0.4, 0.5) is 10.6 Å². The van der Waals surface area contributed by atoms with E-state index in [1.807, 2.05) is 66.9 Å². The van der Waals surface area contributed by atoms with Crippen LogP contribution in [0.25, 0.3) is 10.9 Å².